The SMILES string of the molecule is Cl.O=C(CC1COCCN1)NC1CC(=O)N(C2CC2c2ccccc2)C1. The zero-order valence-corrected chi connectivity index (χ0v) is 15.5. The van der Waals surface area contributed by atoms with Gasteiger partial charge in [0.2, 0.25) is 11.8 Å². The third kappa shape index (κ3) is 4.37. The van der Waals surface area contributed by atoms with E-state index in [1.165, 1.54) is 5.56 Å². The number of carbonyl (C=O) groups is 2. The maximum absolute atomic E-state index is 12.4. The van der Waals surface area contributed by atoms with Gasteiger partial charge in [-0.25, -0.2) is 0 Å². The fraction of sp³-hybridized carbons (Fsp3) is 0.579. The average Bonchev–Trinajstić information content (AvgIpc) is 3.33. The summed E-state index contributed by atoms with van der Waals surface area (Å²) in [7, 11) is 0. The van der Waals surface area contributed by atoms with E-state index in [2.05, 4.69) is 22.8 Å². The maximum atomic E-state index is 12.4. The van der Waals surface area contributed by atoms with Crippen molar-refractivity contribution in [1.29, 1.82) is 0 Å². The van der Waals surface area contributed by atoms with E-state index in [0.717, 1.165) is 13.0 Å². The Morgan fingerprint density at radius 1 is 1.31 bits per heavy atom. The normalized spacial score (nSPS) is 30.6. The number of morpholine rings is 1. The Morgan fingerprint density at radius 2 is 2.12 bits per heavy atom. The highest BCUT2D eigenvalue weighted by Gasteiger charge is 2.47. The van der Waals surface area contributed by atoms with Crippen molar-refractivity contribution in [2.24, 2.45) is 0 Å². The van der Waals surface area contributed by atoms with Crippen LogP contribution in [-0.2, 0) is 14.3 Å². The Bertz CT molecular complexity index is 636. The summed E-state index contributed by atoms with van der Waals surface area (Å²) >= 11 is 0. The molecular weight excluding hydrogens is 354 g/mol. The van der Waals surface area contributed by atoms with Gasteiger partial charge in [-0.3, -0.25) is 9.59 Å². The second-order valence-electron chi connectivity index (χ2n) is 7.26. The number of benzene rings is 1. The van der Waals surface area contributed by atoms with Gasteiger partial charge >= 0.3 is 0 Å². The van der Waals surface area contributed by atoms with Crippen LogP contribution in [0.25, 0.3) is 0 Å². The van der Waals surface area contributed by atoms with Crippen LogP contribution in [0, 0.1) is 0 Å². The minimum atomic E-state index is -0.0680. The molecule has 1 aromatic rings. The molecule has 0 radical (unpaired) electrons. The van der Waals surface area contributed by atoms with Gasteiger partial charge in [0.05, 0.1) is 19.3 Å². The maximum Gasteiger partial charge on any atom is 0.225 e. The van der Waals surface area contributed by atoms with E-state index in [9.17, 15) is 9.59 Å². The van der Waals surface area contributed by atoms with Gasteiger partial charge in [0.25, 0.3) is 0 Å². The summed E-state index contributed by atoms with van der Waals surface area (Å²) in [4.78, 5) is 26.5. The first kappa shape index (κ1) is 19.1. The topological polar surface area (TPSA) is 70.7 Å². The molecule has 26 heavy (non-hydrogen) atoms. The predicted octanol–water partition coefficient (Wildman–Crippen LogP) is 1.06. The van der Waals surface area contributed by atoms with Gasteiger partial charge in [-0.1, -0.05) is 30.3 Å². The molecule has 3 fully saturated rings. The largest absolute Gasteiger partial charge is 0.378 e. The van der Waals surface area contributed by atoms with E-state index in [1.54, 1.807) is 0 Å². The molecule has 1 saturated carbocycles. The zero-order valence-electron chi connectivity index (χ0n) is 14.7. The molecule has 1 aromatic carbocycles. The van der Waals surface area contributed by atoms with E-state index < -0.39 is 0 Å². The smallest absolute Gasteiger partial charge is 0.225 e. The van der Waals surface area contributed by atoms with Crippen LogP contribution in [0.4, 0.5) is 0 Å². The number of amides is 2. The van der Waals surface area contributed by atoms with Gasteiger partial charge in [-0.15, -0.1) is 12.4 Å². The van der Waals surface area contributed by atoms with Crippen LogP contribution in [0.3, 0.4) is 0 Å². The van der Waals surface area contributed by atoms with E-state index in [1.807, 2.05) is 23.1 Å². The molecule has 0 spiro atoms. The van der Waals surface area contributed by atoms with Crippen LogP contribution in [-0.4, -0.2) is 61.1 Å². The highest BCUT2D eigenvalue weighted by Crippen LogP contribution is 2.45. The summed E-state index contributed by atoms with van der Waals surface area (Å²) in [5.74, 6) is 0.606. The lowest BCUT2D eigenvalue weighted by Crippen LogP contribution is -2.46. The van der Waals surface area contributed by atoms with Crippen molar-refractivity contribution in [2.45, 2.75) is 43.3 Å². The van der Waals surface area contributed by atoms with Crippen LogP contribution in [0.2, 0.25) is 0 Å². The number of rotatable bonds is 5. The van der Waals surface area contributed by atoms with Crippen LogP contribution in [0.5, 0.6) is 0 Å². The number of nitrogens with one attached hydrogen (secondary N) is 2. The Hall–Kier alpha value is -1.63. The van der Waals surface area contributed by atoms with Crippen molar-refractivity contribution in [2.75, 3.05) is 26.3 Å². The van der Waals surface area contributed by atoms with Gasteiger partial charge in [0.1, 0.15) is 0 Å². The summed E-state index contributed by atoms with van der Waals surface area (Å²) in [5, 5.41) is 6.31. The molecule has 2 heterocycles. The molecule has 3 aliphatic rings. The van der Waals surface area contributed by atoms with Gasteiger partial charge in [-0.2, -0.15) is 0 Å². The molecular formula is C19H26ClN3O3. The number of ether oxygens (including phenoxy) is 1. The molecule has 6 nitrogen and oxygen atoms in total. The molecule has 4 atom stereocenters. The Labute approximate surface area is 160 Å². The first-order valence-electron chi connectivity index (χ1n) is 9.15. The van der Waals surface area contributed by atoms with Crippen LogP contribution < -0.4 is 10.6 Å². The number of nitrogens with zero attached hydrogens (tertiary/aromatic N) is 1. The highest BCUT2D eigenvalue weighted by atomic mass is 35.5. The van der Waals surface area contributed by atoms with Crippen molar-refractivity contribution >= 4 is 24.2 Å². The minimum Gasteiger partial charge on any atom is -0.378 e. The first-order valence-corrected chi connectivity index (χ1v) is 9.15. The van der Waals surface area contributed by atoms with E-state index in [0.29, 0.717) is 44.6 Å². The van der Waals surface area contributed by atoms with E-state index in [4.69, 9.17) is 4.74 Å². The first-order chi connectivity index (χ1) is 12.2. The van der Waals surface area contributed by atoms with E-state index in [-0.39, 0.29) is 36.3 Å². The molecule has 4 rings (SSSR count). The van der Waals surface area contributed by atoms with Gasteiger partial charge in [0.15, 0.2) is 0 Å². The zero-order chi connectivity index (χ0) is 17.2. The van der Waals surface area contributed by atoms with Crippen molar-refractivity contribution in [1.82, 2.24) is 15.5 Å². The summed E-state index contributed by atoms with van der Waals surface area (Å²) in [6.07, 6.45) is 1.85. The molecule has 2 amide bonds. The van der Waals surface area contributed by atoms with Crippen molar-refractivity contribution < 1.29 is 14.3 Å². The van der Waals surface area contributed by atoms with E-state index >= 15 is 0 Å². The number of carbonyl (C=O) groups excluding carboxylic acids is 2. The molecule has 0 bridgehead atoms. The van der Waals surface area contributed by atoms with Crippen LogP contribution in [0.1, 0.15) is 30.7 Å². The summed E-state index contributed by atoms with van der Waals surface area (Å²) in [6.45, 7) is 2.70. The number of hydrogen-bond acceptors (Lipinski definition) is 4. The Morgan fingerprint density at radius 3 is 2.85 bits per heavy atom. The van der Waals surface area contributed by atoms with Crippen molar-refractivity contribution in [3.8, 4) is 0 Å². The number of likely N-dealkylation sites (tertiary alicyclic amines) is 1. The minimum absolute atomic E-state index is 0. The average molecular weight is 380 g/mol. The van der Waals surface area contributed by atoms with Crippen molar-refractivity contribution in [3.05, 3.63) is 35.9 Å². The monoisotopic (exact) mass is 379 g/mol. The molecule has 7 heteroatoms. The highest BCUT2D eigenvalue weighted by molar-refractivity contribution is 5.85. The summed E-state index contributed by atoms with van der Waals surface area (Å²) in [6, 6.07) is 10.7. The second-order valence-corrected chi connectivity index (χ2v) is 7.26. The van der Waals surface area contributed by atoms with Crippen LogP contribution in [0.15, 0.2) is 30.3 Å². The second kappa shape index (κ2) is 8.37. The molecule has 142 valence electrons. The molecule has 2 aliphatic heterocycles. The van der Waals surface area contributed by atoms with Gasteiger partial charge in [-0.05, 0) is 12.0 Å². The number of halogens is 1. The molecule has 1 aliphatic carbocycles. The lowest BCUT2D eigenvalue weighted by atomic mass is 10.1. The third-order valence-corrected chi connectivity index (χ3v) is 5.34. The fourth-order valence-corrected chi connectivity index (χ4v) is 3.99. The fourth-order valence-electron chi connectivity index (χ4n) is 3.99. The lowest BCUT2D eigenvalue weighted by molar-refractivity contribution is -0.128. The molecule has 0 aromatic heterocycles. The van der Waals surface area contributed by atoms with Crippen molar-refractivity contribution in [3.63, 3.8) is 0 Å². The molecule has 4 unspecified atom stereocenters. The van der Waals surface area contributed by atoms with Gasteiger partial charge in [0, 0.05) is 43.9 Å². The Balaban J connectivity index is 0.00000196. The predicted molar refractivity (Wildman–Crippen MR) is 100 cm³/mol. The molecule has 2 saturated heterocycles. The summed E-state index contributed by atoms with van der Waals surface area (Å²) < 4.78 is 5.38. The van der Waals surface area contributed by atoms with Crippen LogP contribution >= 0.6 is 12.4 Å². The quantitative estimate of drug-likeness (QED) is 0.802. The third-order valence-electron chi connectivity index (χ3n) is 5.34. The van der Waals surface area contributed by atoms with Gasteiger partial charge < -0.3 is 20.3 Å². The number of hydrogen-bond donors (Lipinski definition) is 2. The lowest BCUT2D eigenvalue weighted by Gasteiger charge is -2.24. The summed E-state index contributed by atoms with van der Waals surface area (Å²) in [5.41, 5.74) is 1.30. The Kier molecular flexibility index (Phi) is 6.16. The molecule has 2 N–H and O–H groups in total. The standard InChI is InChI=1S/C19H25N3O3.ClH/c23-18(8-15-12-25-7-6-20-15)21-14-9-19(24)22(11-14)17-10-16(17)13-4-2-1-3-5-13;/h1-5,14-17,20H,6-12H2,(H,21,23);1H.